The van der Waals surface area contributed by atoms with Gasteiger partial charge in [-0.05, 0) is 24.6 Å². The van der Waals surface area contributed by atoms with Crippen LogP contribution >= 0.6 is 23.2 Å². The molecular weight excluding hydrogens is 305 g/mol. The lowest BCUT2D eigenvalue weighted by atomic mass is 10.3. The number of aliphatic carboxylic acids is 1. The van der Waals surface area contributed by atoms with Crippen molar-refractivity contribution in [2.24, 2.45) is 0 Å². The number of hydrogen-bond acceptors (Lipinski definition) is 5. The van der Waals surface area contributed by atoms with Crippen molar-refractivity contribution in [2.75, 3.05) is 5.01 Å². The van der Waals surface area contributed by atoms with E-state index in [1.165, 1.54) is 5.17 Å². The zero-order valence-electron chi connectivity index (χ0n) is 10.6. The van der Waals surface area contributed by atoms with E-state index in [9.17, 15) is 4.79 Å². The Morgan fingerprint density at radius 1 is 1.40 bits per heavy atom. The number of carbonyl (C=O) groups is 1. The van der Waals surface area contributed by atoms with Crippen LogP contribution in [0.1, 0.15) is 13.3 Å². The molecule has 1 atom stereocenters. The summed E-state index contributed by atoms with van der Waals surface area (Å²) in [7, 11) is 0. The minimum atomic E-state index is -1.02. The van der Waals surface area contributed by atoms with Gasteiger partial charge in [-0.15, -0.1) is 5.53 Å². The van der Waals surface area contributed by atoms with Gasteiger partial charge in [-0.25, -0.2) is 9.63 Å². The lowest BCUT2D eigenvalue weighted by Crippen LogP contribution is -2.42. The summed E-state index contributed by atoms with van der Waals surface area (Å²) in [6.45, 7) is 1.73. The molecule has 1 aliphatic rings. The second kappa shape index (κ2) is 6.32. The van der Waals surface area contributed by atoms with E-state index in [1.54, 1.807) is 42.5 Å². The maximum atomic E-state index is 10.9. The van der Waals surface area contributed by atoms with Crippen LogP contribution < -0.4 is 10.5 Å². The van der Waals surface area contributed by atoms with Gasteiger partial charge in [-0.2, -0.15) is 5.17 Å². The number of hydrazine groups is 2. The maximum absolute atomic E-state index is 10.9. The first-order valence-electron chi connectivity index (χ1n) is 5.89. The quantitative estimate of drug-likeness (QED) is 0.870. The average Bonchev–Trinajstić information content (AvgIpc) is 2.87. The fourth-order valence-corrected chi connectivity index (χ4v) is 1.86. The van der Waals surface area contributed by atoms with Crippen LogP contribution in [0.5, 0.6) is 0 Å². The third-order valence-electron chi connectivity index (χ3n) is 2.63. The van der Waals surface area contributed by atoms with Gasteiger partial charge in [0, 0.05) is 6.20 Å². The minimum absolute atomic E-state index is 0.355. The number of benzene rings is 1. The molecule has 1 aliphatic heterocycles. The Morgan fingerprint density at radius 3 is 2.75 bits per heavy atom. The summed E-state index contributed by atoms with van der Waals surface area (Å²) in [5, 5.41) is 12.7. The molecule has 1 unspecified atom stereocenters. The molecule has 0 aromatic heterocycles. The molecule has 0 saturated heterocycles. The lowest BCUT2D eigenvalue weighted by Gasteiger charge is -2.24. The van der Waals surface area contributed by atoms with E-state index in [0.717, 1.165) is 5.69 Å². The summed E-state index contributed by atoms with van der Waals surface area (Å²) in [5.41, 5.74) is 3.58. The number of halogens is 2. The van der Waals surface area contributed by atoms with Gasteiger partial charge in [-0.1, -0.05) is 30.1 Å². The molecule has 2 rings (SSSR count). The second-order valence-corrected chi connectivity index (χ2v) is 4.85. The van der Waals surface area contributed by atoms with Crippen LogP contribution in [0.25, 0.3) is 0 Å². The number of nitrogens with one attached hydrogen (secondary N) is 1. The van der Waals surface area contributed by atoms with Gasteiger partial charge in [0.25, 0.3) is 0 Å². The van der Waals surface area contributed by atoms with Crippen molar-refractivity contribution in [3.05, 3.63) is 40.6 Å². The van der Waals surface area contributed by atoms with Crippen LogP contribution in [-0.2, 0) is 9.63 Å². The van der Waals surface area contributed by atoms with E-state index in [-0.39, 0.29) is 0 Å². The Bertz CT molecular complexity index is 539. The molecule has 0 bridgehead atoms. The number of carboxylic acids is 1. The van der Waals surface area contributed by atoms with Crippen molar-refractivity contribution in [3.8, 4) is 0 Å². The first kappa shape index (κ1) is 14.9. The number of rotatable bonds is 5. The molecule has 8 heteroatoms. The predicted molar refractivity (Wildman–Crippen MR) is 75.9 cm³/mol. The van der Waals surface area contributed by atoms with Gasteiger partial charge in [0.2, 0.25) is 0 Å². The number of anilines is 1. The van der Waals surface area contributed by atoms with Gasteiger partial charge in [0.1, 0.15) is 0 Å². The Hall–Kier alpha value is -1.47. The normalized spacial score (nSPS) is 15.8. The third-order valence-corrected chi connectivity index (χ3v) is 3.36. The molecule has 1 aromatic rings. The van der Waals surface area contributed by atoms with Gasteiger partial charge < -0.3 is 5.11 Å². The van der Waals surface area contributed by atoms with Crippen molar-refractivity contribution in [1.29, 1.82) is 0 Å². The van der Waals surface area contributed by atoms with Crippen molar-refractivity contribution in [3.63, 3.8) is 0 Å². The van der Waals surface area contributed by atoms with Gasteiger partial charge in [0.05, 0.1) is 21.9 Å². The smallest absolute Gasteiger partial charge is 0.335 e. The van der Waals surface area contributed by atoms with Crippen LogP contribution in [-0.4, -0.2) is 22.4 Å². The molecule has 0 aliphatic carbocycles. The highest BCUT2D eigenvalue weighted by molar-refractivity contribution is 6.42. The minimum Gasteiger partial charge on any atom is -0.479 e. The summed E-state index contributed by atoms with van der Waals surface area (Å²) in [4.78, 5) is 16.2. The van der Waals surface area contributed by atoms with Crippen LogP contribution in [0.2, 0.25) is 10.0 Å². The van der Waals surface area contributed by atoms with E-state index >= 15 is 0 Å². The second-order valence-electron chi connectivity index (χ2n) is 4.03. The summed E-state index contributed by atoms with van der Waals surface area (Å²) < 4.78 is 0. The number of hydrogen-bond donors (Lipinski definition) is 2. The molecule has 20 heavy (non-hydrogen) atoms. The zero-order valence-corrected chi connectivity index (χ0v) is 12.1. The monoisotopic (exact) mass is 317 g/mol. The molecule has 108 valence electrons. The Balaban J connectivity index is 2.00. The highest BCUT2D eigenvalue weighted by Crippen LogP contribution is 2.27. The molecule has 0 fully saturated rings. The van der Waals surface area contributed by atoms with E-state index in [0.29, 0.717) is 16.5 Å². The Kier molecular flexibility index (Phi) is 4.72. The molecule has 1 aromatic carbocycles. The highest BCUT2D eigenvalue weighted by Gasteiger charge is 2.22. The lowest BCUT2D eigenvalue weighted by molar-refractivity contribution is -0.206. The van der Waals surface area contributed by atoms with Crippen LogP contribution in [0, 0.1) is 0 Å². The van der Waals surface area contributed by atoms with Crippen molar-refractivity contribution in [1.82, 2.24) is 10.7 Å². The zero-order chi connectivity index (χ0) is 14.7. The standard InChI is InChI=1S/C12H13Cl2N3O3/c1-2-11(12(18)19)20-17-6-5-16(15-17)8-3-4-9(13)10(14)7-8/h3-7,11,15H,2H2,1H3,(H,18,19). The summed E-state index contributed by atoms with van der Waals surface area (Å²) in [6, 6.07) is 5.12. The van der Waals surface area contributed by atoms with Crippen LogP contribution in [0.3, 0.4) is 0 Å². The number of carboxylic acid groups (broad SMARTS) is 1. The maximum Gasteiger partial charge on any atom is 0.335 e. The van der Waals surface area contributed by atoms with Gasteiger partial charge in [0.15, 0.2) is 6.10 Å². The van der Waals surface area contributed by atoms with Gasteiger partial charge in [-0.3, -0.25) is 5.01 Å². The van der Waals surface area contributed by atoms with Gasteiger partial charge >= 0.3 is 5.97 Å². The van der Waals surface area contributed by atoms with Crippen LogP contribution in [0.4, 0.5) is 5.69 Å². The molecule has 0 saturated carbocycles. The fraction of sp³-hybridized carbons (Fsp3) is 0.250. The SMILES string of the molecule is CCC(ON1C=CN(c2ccc(Cl)c(Cl)c2)N1)C(=O)O. The topological polar surface area (TPSA) is 65.0 Å². The third kappa shape index (κ3) is 3.34. The van der Waals surface area contributed by atoms with Crippen molar-refractivity contribution < 1.29 is 14.7 Å². The molecule has 0 spiro atoms. The Morgan fingerprint density at radius 2 is 2.15 bits per heavy atom. The number of nitrogens with zero attached hydrogens (tertiary/aromatic N) is 2. The summed E-state index contributed by atoms with van der Waals surface area (Å²) >= 11 is 11.8. The first-order chi connectivity index (χ1) is 9.51. The van der Waals surface area contributed by atoms with E-state index in [2.05, 4.69) is 5.53 Å². The highest BCUT2D eigenvalue weighted by atomic mass is 35.5. The molecule has 0 amide bonds. The molecular formula is C12H13Cl2N3O3. The summed E-state index contributed by atoms with van der Waals surface area (Å²) in [5.74, 6) is -1.02. The molecule has 1 heterocycles. The van der Waals surface area contributed by atoms with E-state index < -0.39 is 12.1 Å². The fourth-order valence-electron chi connectivity index (χ4n) is 1.57. The average molecular weight is 318 g/mol. The van der Waals surface area contributed by atoms with E-state index in [4.69, 9.17) is 33.1 Å². The first-order valence-corrected chi connectivity index (χ1v) is 6.64. The summed E-state index contributed by atoms with van der Waals surface area (Å²) in [6.07, 6.45) is 2.68. The number of hydroxylamine groups is 1. The molecule has 0 radical (unpaired) electrons. The molecule has 6 nitrogen and oxygen atoms in total. The van der Waals surface area contributed by atoms with Crippen molar-refractivity contribution >= 4 is 34.9 Å². The van der Waals surface area contributed by atoms with E-state index in [1.807, 2.05) is 0 Å². The van der Waals surface area contributed by atoms with Crippen LogP contribution in [0.15, 0.2) is 30.6 Å². The Labute approximate surface area is 126 Å². The molecule has 2 N–H and O–H groups in total. The largest absolute Gasteiger partial charge is 0.479 e. The van der Waals surface area contributed by atoms with Crippen molar-refractivity contribution in [2.45, 2.75) is 19.4 Å². The predicted octanol–water partition coefficient (Wildman–Crippen LogP) is 2.80.